The number of aromatic amines is 1. The second-order valence-corrected chi connectivity index (χ2v) is 14.8. The minimum absolute atomic E-state index is 0.0285. The molecule has 0 radical (unpaired) electrons. The Balaban J connectivity index is 1.00. The van der Waals surface area contributed by atoms with Crippen molar-refractivity contribution in [1.29, 1.82) is 0 Å². The number of fused-ring (bicyclic) bond motifs is 1. The number of Topliss-reactive ketones (excluding diaryl/α,β-unsaturated/α-hetero) is 1. The lowest BCUT2D eigenvalue weighted by molar-refractivity contribution is -0.137. The molecule has 7 rings (SSSR count). The smallest absolute Gasteiger partial charge is 0.247 e. The molecule has 52 heavy (non-hydrogen) atoms. The lowest BCUT2D eigenvalue weighted by atomic mass is 9.91. The molecule has 2 saturated heterocycles. The zero-order valence-electron chi connectivity index (χ0n) is 29.5. The van der Waals surface area contributed by atoms with Crippen LogP contribution in [0.15, 0.2) is 108 Å². The van der Waals surface area contributed by atoms with Crippen LogP contribution >= 0.6 is 15.9 Å². The summed E-state index contributed by atoms with van der Waals surface area (Å²) in [5.74, 6) is -0.724. The van der Waals surface area contributed by atoms with E-state index in [9.17, 15) is 19.2 Å². The van der Waals surface area contributed by atoms with Gasteiger partial charge in [0.1, 0.15) is 6.04 Å². The Bertz CT molecular complexity index is 2100. The molecular weight excluding hydrogens is 716 g/mol. The van der Waals surface area contributed by atoms with Gasteiger partial charge >= 0.3 is 0 Å². The Morgan fingerprint density at radius 3 is 2.06 bits per heavy atom. The molecule has 2 aliphatic rings. The van der Waals surface area contributed by atoms with Gasteiger partial charge in [0.2, 0.25) is 17.7 Å². The number of aromatic nitrogens is 1. The van der Waals surface area contributed by atoms with E-state index >= 15 is 0 Å². The van der Waals surface area contributed by atoms with Gasteiger partial charge in [0, 0.05) is 35.6 Å². The minimum atomic E-state index is -0.503. The average molecular weight is 760 g/mol. The molecule has 1 aromatic heterocycles. The Kier molecular flexibility index (Phi) is 10.4. The molecule has 4 aromatic carbocycles. The number of anilines is 1. The van der Waals surface area contributed by atoms with Crippen LogP contribution in [0.3, 0.4) is 0 Å². The number of H-pyrrole nitrogens is 1. The minimum Gasteiger partial charge on any atom is -0.354 e. The fourth-order valence-electron chi connectivity index (χ4n) is 7.73. The number of carbonyl (C=O) groups excluding carboxylic acids is 4. The molecule has 3 amide bonds. The quantitative estimate of drug-likeness (QED) is 0.150. The van der Waals surface area contributed by atoms with Crippen LogP contribution in [0.25, 0.3) is 22.2 Å². The maximum absolute atomic E-state index is 13.6. The van der Waals surface area contributed by atoms with Crippen LogP contribution in [0.5, 0.6) is 0 Å². The molecule has 1 unspecified atom stereocenters. The van der Waals surface area contributed by atoms with Crippen LogP contribution in [-0.2, 0) is 25.6 Å². The van der Waals surface area contributed by atoms with E-state index in [1.165, 1.54) is 0 Å². The number of benzene rings is 4. The first-order valence-corrected chi connectivity index (χ1v) is 18.9. The fourth-order valence-corrected chi connectivity index (χ4v) is 8.38. The number of likely N-dealkylation sites (tertiary alicyclic amines) is 2. The maximum atomic E-state index is 13.6. The summed E-state index contributed by atoms with van der Waals surface area (Å²) in [4.78, 5) is 60.8. The summed E-state index contributed by atoms with van der Waals surface area (Å²) < 4.78 is 0.882. The van der Waals surface area contributed by atoms with Crippen LogP contribution in [-0.4, -0.2) is 63.5 Å². The van der Waals surface area contributed by atoms with E-state index in [0.29, 0.717) is 31.6 Å². The van der Waals surface area contributed by atoms with Crippen LogP contribution in [0.1, 0.15) is 68.1 Å². The van der Waals surface area contributed by atoms with Crippen molar-refractivity contribution in [3.8, 4) is 11.3 Å². The van der Waals surface area contributed by atoms with Crippen LogP contribution in [0, 0.1) is 0 Å². The van der Waals surface area contributed by atoms with Crippen molar-refractivity contribution in [1.82, 2.24) is 14.8 Å². The summed E-state index contributed by atoms with van der Waals surface area (Å²) in [5, 5.41) is 3.99. The van der Waals surface area contributed by atoms with Gasteiger partial charge in [0.05, 0.1) is 28.5 Å². The average Bonchev–Trinajstić information content (AvgIpc) is 3.95. The summed E-state index contributed by atoms with van der Waals surface area (Å²) >= 11 is 3.80. The molecule has 2 fully saturated rings. The van der Waals surface area contributed by atoms with E-state index in [2.05, 4.69) is 26.2 Å². The molecule has 2 N–H and O–H groups in total. The number of nitrogens with zero attached hydrogens (tertiary/aromatic N) is 2. The highest BCUT2D eigenvalue weighted by atomic mass is 79.9. The van der Waals surface area contributed by atoms with Crippen molar-refractivity contribution in [2.45, 2.75) is 69.9 Å². The number of hydrogen-bond donors (Lipinski definition) is 2. The van der Waals surface area contributed by atoms with Crippen LogP contribution < -0.4 is 5.32 Å². The predicted octanol–water partition coefficient (Wildman–Crippen LogP) is 8.24. The van der Waals surface area contributed by atoms with Gasteiger partial charge in [-0.2, -0.15) is 0 Å². The van der Waals surface area contributed by atoms with Gasteiger partial charge in [0.25, 0.3) is 0 Å². The number of amides is 3. The number of halogens is 1. The van der Waals surface area contributed by atoms with Crippen molar-refractivity contribution in [2.75, 3.05) is 18.4 Å². The maximum Gasteiger partial charge on any atom is 0.247 e. The van der Waals surface area contributed by atoms with Crippen molar-refractivity contribution < 1.29 is 19.2 Å². The number of hydrogen-bond acceptors (Lipinski definition) is 4. The second kappa shape index (κ2) is 15.3. The van der Waals surface area contributed by atoms with Crippen LogP contribution in [0.2, 0.25) is 0 Å². The Morgan fingerprint density at radius 2 is 1.38 bits per heavy atom. The normalized spacial score (nSPS) is 18.4. The number of rotatable bonds is 10. The summed E-state index contributed by atoms with van der Waals surface area (Å²) in [5.41, 5.74) is 6.21. The predicted molar refractivity (Wildman–Crippen MR) is 208 cm³/mol. The van der Waals surface area contributed by atoms with Gasteiger partial charge in [-0.25, -0.2) is 0 Å². The van der Waals surface area contributed by atoms with E-state index in [4.69, 9.17) is 0 Å². The van der Waals surface area contributed by atoms with Gasteiger partial charge < -0.3 is 20.1 Å². The molecule has 0 aliphatic carbocycles. The molecule has 3 heterocycles. The highest BCUT2D eigenvalue weighted by molar-refractivity contribution is 9.10. The number of ketones is 1. The molecule has 9 heteroatoms. The van der Waals surface area contributed by atoms with Gasteiger partial charge in [-0.05, 0) is 95.1 Å². The van der Waals surface area contributed by atoms with E-state index in [0.717, 1.165) is 56.2 Å². The second-order valence-electron chi connectivity index (χ2n) is 14.0. The molecule has 5 aromatic rings. The molecular formula is C43H43BrN4O4. The molecule has 2 aliphatic heterocycles. The summed E-state index contributed by atoms with van der Waals surface area (Å²) in [7, 11) is 0. The number of carbonyl (C=O) groups is 4. The first-order chi connectivity index (χ1) is 25.2. The standard InChI is InChI=1S/C43H43BrN4O4/c1-27(30-11-5-3-6-12-30)41(50)36-15-9-23-47(36)38(49)26-29-17-22-35-34(25-29)39(44)40(46-35)32-18-20-33(21-19-32)45-42(51)37-16-10-24-48(37)43(52)28(2)31-13-7-4-8-14-31/h3-8,11-14,17-22,25,27-28,36-37,46H,9-10,15-16,23-24,26H2,1-2H3,(H,45,51)/t27-,28-,36?,37+/m1/s1. The summed E-state index contributed by atoms with van der Waals surface area (Å²) in [6.07, 6.45) is 3.17. The highest BCUT2D eigenvalue weighted by Gasteiger charge is 2.37. The van der Waals surface area contributed by atoms with Crippen molar-refractivity contribution in [3.63, 3.8) is 0 Å². The highest BCUT2D eigenvalue weighted by Crippen LogP contribution is 2.36. The van der Waals surface area contributed by atoms with Gasteiger partial charge in [0.15, 0.2) is 5.78 Å². The first-order valence-electron chi connectivity index (χ1n) is 18.1. The topological polar surface area (TPSA) is 103 Å². The first kappa shape index (κ1) is 35.4. The van der Waals surface area contributed by atoms with Crippen molar-refractivity contribution >= 4 is 56.0 Å². The third-order valence-corrected chi connectivity index (χ3v) is 11.6. The van der Waals surface area contributed by atoms with Crippen LogP contribution in [0.4, 0.5) is 5.69 Å². The van der Waals surface area contributed by atoms with E-state index in [1.807, 2.05) is 117 Å². The SMILES string of the molecule is C[C@@H](C(=O)C1CCCN1C(=O)Cc1ccc2[nH]c(-c3ccc(NC(=O)[C@@H]4CCCN4C(=O)[C@H](C)c4ccccc4)cc3)c(Br)c2c1)c1ccccc1. The fraction of sp³-hybridized carbons (Fsp3) is 0.302. The van der Waals surface area contributed by atoms with Gasteiger partial charge in [-0.15, -0.1) is 0 Å². The molecule has 0 bridgehead atoms. The third-order valence-electron chi connectivity index (χ3n) is 10.7. The summed E-state index contributed by atoms with van der Waals surface area (Å²) in [6.45, 7) is 4.99. The Morgan fingerprint density at radius 1 is 0.769 bits per heavy atom. The largest absolute Gasteiger partial charge is 0.354 e. The molecule has 0 saturated carbocycles. The van der Waals surface area contributed by atoms with E-state index in [-0.39, 0.29) is 41.8 Å². The van der Waals surface area contributed by atoms with Gasteiger partial charge in [-0.1, -0.05) is 85.8 Å². The zero-order valence-corrected chi connectivity index (χ0v) is 31.1. The Hall–Kier alpha value is -5.02. The molecule has 266 valence electrons. The van der Waals surface area contributed by atoms with Crippen molar-refractivity contribution in [2.24, 2.45) is 0 Å². The Labute approximate surface area is 312 Å². The van der Waals surface area contributed by atoms with Gasteiger partial charge in [-0.3, -0.25) is 19.2 Å². The lowest BCUT2D eigenvalue weighted by Gasteiger charge is -2.27. The number of nitrogens with one attached hydrogen (secondary N) is 2. The molecule has 4 atom stereocenters. The third kappa shape index (κ3) is 7.19. The lowest BCUT2D eigenvalue weighted by Crippen LogP contribution is -2.44. The molecule has 0 spiro atoms. The summed E-state index contributed by atoms with van der Waals surface area (Å²) in [6, 6.07) is 32.2. The monoisotopic (exact) mass is 758 g/mol. The van der Waals surface area contributed by atoms with E-state index < -0.39 is 12.1 Å². The van der Waals surface area contributed by atoms with E-state index in [1.54, 1.807) is 9.80 Å². The molecule has 8 nitrogen and oxygen atoms in total. The zero-order chi connectivity index (χ0) is 36.4. The van der Waals surface area contributed by atoms with Crippen molar-refractivity contribution in [3.05, 3.63) is 124 Å².